The Morgan fingerprint density at radius 2 is 2.00 bits per heavy atom. The minimum Gasteiger partial charge on any atom is -0.144 e. The molecule has 16 heavy (non-hydrogen) atoms. The third-order valence-corrected chi connectivity index (χ3v) is 3.70. The Bertz CT molecular complexity index is 441. The van der Waals surface area contributed by atoms with Gasteiger partial charge >= 0.3 is 0 Å². The molecule has 0 aliphatic carbocycles. The van der Waals surface area contributed by atoms with Crippen molar-refractivity contribution in [2.24, 2.45) is 0 Å². The quantitative estimate of drug-likeness (QED) is 0.597. The van der Waals surface area contributed by atoms with Gasteiger partial charge in [0.1, 0.15) is 0 Å². The molecule has 0 unspecified atom stereocenters. The van der Waals surface area contributed by atoms with Crippen LogP contribution in [0.1, 0.15) is 26.8 Å². The summed E-state index contributed by atoms with van der Waals surface area (Å²) >= 11 is 3.55. The maximum absolute atomic E-state index is 3.82. The number of hydrogen-bond donors (Lipinski definition) is 0. The van der Waals surface area contributed by atoms with Crippen LogP contribution in [0.4, 0.5) is 0 Å². The zero-order valence-corrected chi connectivity index (χ0v) is 11.0. The van der Waals surface area contributed by atoms with Crippen LogP contribution in [0.15, 0.2) is 35.1 Å². The maximum atomic E-state index is 3.82. The first kappa shape index (κ1) is 15.3. The van der Waals surface area contributed by atoms with E-state index in [-0.39, 0.29) is 7.43 Å². The molecule has 0 atom stereocenters. The molecule has 0 saturated heterocycles. The van der Waals surface area contributed by atoms with Gasteiger partial charge in [-0.2, -0.15) is 0 Å². The van der Waals surface area contributed by atoms with Gasteiger partial charge in [-0.25, -0.2) is 0 Å². The highest BCUT2D eigenvalue weighted by Crippen LogP contribution is 2.30. The lowest BCUT2D eigenvalue weighted by molar-refractivity contribution is 1.48. The van der Waals surface area contributed by atoms with Crippen LogP contribution in [0, 0.1) is 0 Å². The van der Waals surface area contributed by atoms with E-state index in [0.29, 0.717) is 0 Å². The SMILES string of the molecule is C.C=Cc1cc2sccc2cc1SC.CC. The molecule has 88 valence electrons. The maximum Gasteiger partial charge on any atom is 0.0349 e. The summed E-state index contributed by atoms with van der Waals surface area (Å²) in [5.41, 5.74) is 1.24. The fourth-order valence-electron chi connectivity index (χ4n) is 1.34. The Morgan fingerprint density at radius 3 is 2.56 bits per heavy atom. The van der Waals surface area contributed by atoms with Crippen LogP contribution in [0.3, 0.4) is 0 Å². The summed E-state index contributed by atoms with van der Waals surface area (Å²) in [6.45, 7) is 7.82. The van der Waals surface area contributed by atoms with Gasteiger partial charge in [0.05, 0.1) is 0 Å². The zero-order chi connectivity index (χ0) is 11.3. The van der Waals surface area contributed by atoms with Crippen LogP contribution in [0.25, 0.3) is 16.2 Å². The van der Waals surface area contributed by atoms with Crippen molar-refractivity contribution < 1.29 is 0 Å². The molecule has 0 radical (unpaired) electrons. The molecule has 0 aliphatic rings. The highest BCUT2D eigenvalue weighted by Gasteiger charge is 2.01. The second kappa shape index (κ2) is 7.53. The smallest absolute Gasteiger partial charge is 0.0349 e. The predicted octanol–water partition coefficient (Wildman–Crippen LogP) is 5.93. The van der Waals surface area contributed by atoms with Crippen molar-refractivity contribution in [1.82, 2.24) is 0 Å². The van der Waals surface area contributed by atoms with Crippen molar-refractivity contribution in [2.75, 3.05) is 6.26 Å². The number of rotatable bonds is 2. The minimum absolute atomic E-state index is 0. The Morgan fingerprint density at radius 1 is 1.31 bits per heavy atom. The van der Waals surface area contributed by atoms with E-state index in [1.54, 1.807) is 23.1 Å². The van der Waals surface area contributed by atoms with Crippen LogP contribution in [0.2, 0.25) is 0 Å². The van der Waals surface area contributed by atoms with E-state index < -0.39 is 0 Å². The third kappa shape index (κ3) is 3.13. The third-order valence-electron chi connectivity index (χ3n) is 2.02. The number of thiophene rings is 1. The molecule has 0 spiro atoms. The lowest BCUT2D eigenvalue weighted by Gasteiger charge is -2.02. The Kier molecular flexibility index (Phi) is 7.18. The Balaban J connectivity index is 0.000000711. The van der Waals surface area contributed by atoms with Gasteiger partial charge in [0, 0.05) is 9.60 Å². The summed E-state index contributed by atoms with van der Waals surface area (Å²) in [4.78, 5) is 1.31. The molecule has 0 saturated carbocycles. The first-order valence-corrected chi connectivity index (χ1v) is 7.13. The van der Waals surface area contributed by atoms with E-state index in [1.165, 1.54) is 20.5 Å². The Labute approximate surface area is 107 Å². The molecule has 0 N–H and O–H groups in total. The van der Waals surface area contributed by atoms with E-state index in [0.717, 1.165) is 0 Å². The number of benzene rings is 1. The molecular formula is C14H20S2. The highest BCUT2D eigenvalue weighted by molar-refractivity contribution is 7.98. The normalized spacial score (nSPS) is 8.94. The molecule has 2 aromatic rings. The summed E-state index contributed by atoms with van der Waals surface area (Å²) in [6, 6.07) is 6.60. The van der Waals surface area contributed by atoms with Crippen molar-refractivity contribution in [3.63, 3.8) is 0 Å². The van der Waals surface area contributed by atoms with Crippen molar-refractivity contribution in [1.29, 1.82) is 0 Å². The van der Waals surface area contributed by atoms with Crippen molar-refractivity contribution in [2.45, 2.75) is 26.2 Å². The fourth-order valence-corrected chi connectivity index (χ4v) is 2.78. The number of thioether (sulfide) groups is 1. The Hall–Kier alpha value is -0.730. The molecule has 0 amide bonds. The lowest BCUT2D eigenvalue weighted by atomic mass is 10.2. The average molecular weight is 252 g/mol. The van der Waals surface area contributed by atoms with E-state index >= 15 is 0 Å². The average Bonchev–Trinajstić information content (AvgIpc) is 2.76. The fraction of sp³-hybridized carbons (Fsp3) is 0.286. The summed E-state index contributed by atoms with van der Waals surface area (Å²) in [6.07, 6.45) is 4.02. The highest BCUT2D eigenvalue weighted by atomic mass is 32.2. The van der Waals surface area contributed by atoms with Gasteiger partial charge in [-0.3, -0.25) is 0 Å². The van der Waals surface area contributed by atoms with Crippen molar-refractivity contribution in [3.05, 3.63) is 35.7 Å². The molecule has 0 fully saturated rings. The van der Waals surface area contributed by atoms with E-state index in [4.69, 9.17) is 0 Å². The minimum atomic E-state index is 0. The van der Waals surface area contributed by atoms with Gasteiger partial charge in [-0.05, 0) is 40.8 Å². The molecule has 0 aliphatic heterocycles. The largest absolute Gasteiger partial charge is 0.144 e. The van der Waals surface area contributed by atoms with E-state index in [9.17, 15) is 0 Å². The molecule has 2 rings (SSSR count). The summed E-state index contributed by atoms with van der Waals surface area (Å²) in [7, 11) is 0. The molecule has 0 nitrogen and oxygen atoms in total. The number of fused-ring (bicyclic) bond motifs is 1. The molecule has 0 bridgehead atoms. The number of hydrogen-bond acceptors (Lipinski definition) is 2. The zero-order valence-electron chi connectivity index (χ0n) is 9.41. The van der Waals surface area contributed by atoms with Crippen molar-refractivity contribution in [3.8, 4) is 0 Å². The lowest BCUT2D eigenvalue weighted by Crippen LogP contribution is -1.77. The molecule has 2 heteroatoms. The molecule has 1 aromatic heterocycles. The van der Waals surface area contributed by atoms with Crippen molar-refractivity contribution >= 4 is 39.3 Å². The summed E-state index contributed by atoms with van der Waals surface area (Å²) in [5, 5.41) is 3.46. The topological polar surface area (TPSA) is 0 Å². The standard InChI is InChI=1S/C11H10S2.C2H6.CH4/c1-3-8-6-11-9(4-5-13-11)7-10(8)12-2;1-2;/h3-7H,1H2,2H3;1-2H3;1H4. The molecular weight excluding hydrogens is 232 g/mol. The second-order valence-electron chi connectivity index (χ2n) is 2.76. The van der Waals surface area contributed by atoms with Crippen LogP contribution in [-0.2, 0) is 0 Å². The first-order valence-electron chi connectivity index (χ1n) is 5.03. The van der Waals surface area contributed by atoms with Gasteiger partial charge in [0.2, 0.25) is 0 Å². The predicted molar refractivity (Wildman–Crippen MR) is 81.8 cm³/mol. The monoisotopic (exact) mass is 252 g/mol. The summed E-state index contributed by atoms with van der Waals surface area (Å²) < 4.78 is 1.34. The second-order valence-corrected chi connectivity index (χ2v) is 4.55. The molecule has 1 aromatic carbocycles. The van der Waals surface area contributed by atoms with Crippen LogP contribution in [0.5, 0.6) is 0 Å². The van der Waals surface area contributed by atoms with Gasteiger partial charge < -0.3 is 0 Å². The van der Waals surface area contributed by atoms with E-state index in [1.807, 2.05) is 19.9 Å². The van der Waals surface area contributed by atoms with Gasteiger partial charge in [-0.1, -0.05) is 33.9 Å². The molecule has 1 heterocycles. The van der Waals surface area contributed by atoms with Gasteiger partial charge in [0.25, 0.3) is 0 Å². The van der Waals surface area contributed by atoms with Gasteiger partial charge in [0.15, 0.2) is 0 Å². The van der Waals surface area contributed by atoms with E-state index in [2.05, 4.69) is 36.4 Å². The summed E-state index contributed by atoms with van der Waals surface area (Å²) in [5.74, 6) is 0. The van der Waals surface area contributed by atoms with Crippen LogP contribution < -0.4 is 0 Å². The first-order chi connectivity index (χ1) is 7.35. The van der Waals surface area contributed by atoms with Crippen LogP contribution in [-0.4, -0.2) is 6.26 Å². The van der Waals surface area contributed by atoms with Crippen LogP contribution >= 0.6 is 23.1 Å². The van der Waals surface area contributed by atoms with Gasteiger partial charge in [-0.15, -0.1) is 23.1 Å².